The topological polar surface area (TPSA) is 141 Å². The van der Waals surface area contributed by atoms with Crippen molar-refractivity contribution < 1.29 is 44.5 Å². The molecule has 6 fully saturated rings. The summed E-state index contributed by atoms with van der Waals surface area (Å²) < 4.78 is 23.6. The third-order valence-electron chi connectivity index (χ3n) is 11.4. The quantitative estimate of drug-likeness (QED) is 0.292. The Hall–Kier alpha value is -0.400. The van der Waals surface area contributed by atoms with Gasteiger partial charge in [-0.2, -0.15) is 0 Å². The van der Waals surface area contributed by atoms with Crippen molar-refractivity contribution in [1.82, 2.24) is 4.90 Å². The van der Waals surface area contributed by atoms with Crippen molar-refractivity contribution in [3.05, 3.63) is 0 Å². The molecule has 1 heterocycles. The van der Waals surface area contributed by atoms with E-state index in [1.54, 1.807) is 21.3 Å². The molecule has 6 rings (SSSR count). The van der Waals surface area contributed by atoms with Gasteiger partial charge in [-0.3, -0.25) is 0 Å². The Morgan fingerprint density at radius 2 is 1.65 bits per heavy atom. The third-order valence-corrected chi connectivity index (χ3v) is 11.4. The van der Waals surface area contributed by atoms with E-state index in [1.807, 2.05) is 7.05 Å². The van der Waals surface area contributed by atoms with Crippen LogP contribution in [0.3, 0.4) is 0 Å². The number of likely N-dealkylation sites (tertiary alicyclic amines) is 1. The van der Waals surface area contributed by atoms with Crippen molar-refractivity contribution in [3.63, 3.8) is 0 Å². The number of hydrogen-bond donors (Lipinski definition) is 5. The number of methoxy groups -OCH3 is 4. The Bertz CT molecular complexity index is 862. The number of ether oxygens (including phenoxy) is 4. The molecule has 10 heteroatoms. The molecule has 5 saturated carbocycles. The smallest absolute Gasteiger partial charge is 0.120 e. The minimum Gasteiger partial charge on any atom is -0.392 e. The summed E-state index contributed by atoms with van der Waals surface area (Å²) >= 11 is 0. The first-order valence-electron chi connectivity index (χ1n) is 12.3. The highest BCUT2D eigenvalue weighted by Gasteiger charge is 2.90. The van der Waals surface area contributed by atoms with E-state index in [-0.39, 0.29) is 18.4 Å². The lowest BCUT2D eigenvalue weighted by atomic mass is 9.42. The van der Waals surface area contributed by atoms with Gasteiger partial charge in [0.1, 0.15) is 23.4 Å². The molecule has 0 aromatic heterocycles. The maximum Gasteiger partial charge on any atom is 0.120 e. The summed E-state index contributed by atoms with van der Waals surface area (Å²) in [6.45, 7) is 0.836. The van der Waals surface area contributed by atoms with E-state index in [4.69, 9.17) is 18.9 Å². The molecule has 6 aliphatic rings. The molecule has 0 aromatic carbocycles. The molecule has 34 heavy (non-hydrogen) atoms. The summed E-state index contributed by atoms with van der Waals surface area (Å²) in [6, 6.07) is -0.254. The standard InChI is InChI=1S/C24H39NO9/c1-25-8-21(9-31-2)11(26)6-12(32-3)23-10-7-22(29)18(27)13(10)24(30,19(28)20(22)34-5)14(17(23)25)15(33-4)16(21)23/h10-20,26-30H,6-9H2,1-5H3/t10-,11+,12-,13+,14-,15+,16-,17+,18-,19+,20-,21-,22-,23+,24-/m1/s1. The van der Waals surface area contributed by atoms with Crippen LogP contribution in [0.4, 0.5) is 0 Å². The van der Waals surface area contributed by atoms with Gasteiger partial charge in [0.25, 0.3) is 0 Å². The lowest BCUT2D eigenvalue weighted by Crippen LogP contribution is -2.80. The van der Waals surface area contributed by atoms with E-state index in [2.05, 4.69) is 4.90 Å². The zero-order valence-corrected chi connectivity index (χ0v) is 20.5. The molecular weight excluding hydrogens is 446 g/mol. The monoisotopic (exact) mass is 485 g/mol. The van der Waals surface area contributed by atoms with Gasteiger partial charge >= 0.3 is 0 Å². The summed E-state index contributed by atoms with van der Waals surface area (Å²) in [5.41, 5.74) is -4.81. The van der Waals surface area contributed by atoms with Crippen molar-refractivity contribution in [2.45, 2.75) is 66.7 Å². The van der Waals surface area contributed by atoms with Crippen LogP contribution in [-0.2, 0) is 18.9 Å². The molecule has 1 spiro atoms. The number of nitrogens with zero attached hydrogens (tertiary/aromatic N) is 1. The van der Waals surface area contributed by atoms with E-state index in [0.29, 0.717) is 19.6 Å². The predicted molar refractivity (Wildman–Crippen MR) is 117 cm³/mol. The molecule has 0 amide bonds. The SMILES string of the molecule is COC[C@@]12CN(C)[C@H]3[C@H]4[C@H](OC)[C@H]1[C@]3([C@@H]1C[C@@]3(O)[C@H](O)[C@H]1[C@]4(O)[C@@H](O)[C@H]3OC)[C@H](OC)C[C@@H]2O. The minimum atomic E-state index is -1.76. The molecule has 0 aromatic rings. The van der Waals surface area contributed by atoms with Crippen molar-refractivity contribution in [1.29, 1.82) is 0 Å². The van der Waals surface area contributed by atoms with Gasteiger partial charge in [-0.1, -0.05) is 0 Å². The van der Waals surface area contributed by atoms with Crippen LogP contribution < -0.4 is 0 Å². The number of rotatable bonds is 5. The van der Waals surface area contributed by atoms with Crippen LogP contribution in [0.1, 0.15) is 12.8 Å². The Labute approximate surface area is 199 Å². The van der Waals surface area contributed by atoms with E-state index in [9.17, 15) is 25.5 Å². The summed E-state index contributed by atoms with van der Waals surface area (Å²) in [5, 5.41) is 58.9. The third kappa shape index (κ3) is 2.14. The molecule has 5 aliphatic carbocycles. The number of aliphatic hydroxyl groups is 5. The molecule has 15 atom stereocenters. The average molecular weight is 486 g/mol. The normalized spacial score (nSPS) is 63.9. The number of piperidine rings is 1. The summed E-state index contributed by atoms with van der Waals surface area (Å²) in [7, 11) is 8.24. The van der Waals surface area contributed by atoms with Crippen molar-refractivity contribution in [3.8, 4) is 0 Å². The Morgan fingerprint density at radius 1 is 0.941 bits per heavy atom. The summed E-state index contributed by atoms with van der Waals surface area (Å²) in [6.07, 6.45) is -4.96. The second kappa shape index (κ2) is 7.12. The van der Waals surface area contributed by atoms with Crippen molar-refractivity contribution in [2.75, 3.05) is 48.6 Å². The first kappa shape index (κ1) is 24.0. The molecular formula is C24H39NO9. The van der Waals surface area contributed by atoms with Gasteiger partial charge in [-0.25, -0.2) is 0 Å². The first-order chi connectivity index (χ1) is 16.1. The average Bonchev–Trinajstić information content (AvgIpc) is 3.17. The van der Waals surface area contributed by atoms with Crippen LogP contribution in [-0.4, -0.2) is 133 Å². The largest absolute Gasteiger partial charge is 0.392 e. The fraction of sp³-hybridized carbons (Fsp3) is 1.00. The summed E-state index contributed by atoms with van der Waals surface area (Å²) in [5.74, 6) is -2.05. The van der Waals surface area contributed by atoms with E-state index < -0.39 is 76.4 Å². The lowest BCUT2D eigenvalue weighted by molar-refractivity contribution is -0.319. The number of hydrogen-bond acceptors (Lipinski definition) is 10. The van der Waals surface area contributed by atoms with Crippen LogP contribution >= 0.6 is 0 Å². The molecule has 5 N–H and O–H groups in total. The van der Waals surface area contributed by atoms with Gasteiger partial charge in [0.15, 0.2) is 0 Å². The van der Waals surface area contributed by atoms with Crippen LogP contribution in [0.15, 0.2) is 0 Å². The van der Waals surface area contributed by atoms with Crippen LogP contribution in [0.5, 0.6) is 0 Å². The van der Waals surface area contributed by atoms with Crippen LogP contribution in [0.25, 0.3) is 0 Å². The molecule has 1 aliphatic heterocycles. The Balaban J connectivity index is 1.67. The van der Waals surface area contributed by atoms with Gasteiger partial charge in [-0.05, 0) is 19.4 Å². The van der Waals surface area contributed by atoms with Gasteiger partial charge in [-0.15, -0.1) is 0 Å². The lowest BCUT2D eigenvalue weighted by Gasteiger charge is -2.69. The molecule has 7 bridgehead atoms. The van der Waals surface area contributed by atoms with Gasteiger partial charge in [0.05, 0.1) is 31.0 Å². The second-order valence-electron chi connectivity index (χ2n) is 12.0. The van der Waals surface area contributed by atoms with Crippen molar-refractivity contribution in [2.24, 2.45) is 34.5 Å². The molecule has 1 saturated heterocycles. The minimum absolute atomic E-state index is 0.153. The molecule has 0 radical (unpaired) electrons. The highest BCUT2D eigenvalue weighted by atomic mass is 16.5. The molecule has 10 nitrogen and oxygen atoms in total. The van der Waals surface area contributed by atoms with Gasteiger partial charge in [0.2, 0.25) is 0 Å². The highest BCUT2D eigenvalue weighted by Crippen LogP contribution is 2.79. The fourth-order valence-electron chi connectivity index (χ4n) is 10.9. The maximum absolute atomic E-state index is 12.5. The summed E-state index contributed by atoms with van der Waals surface area (Å²) in [4.78, 5) is 2.17. The first-order valence-corrected chi connectivity index (χ1v) is 12.3. The Kier molecular flexibility index (Phi) is 5.02. The van der Waals surface area contributed by atoms with Gasteiger partial charge < -0.3 is 49.4 Å². The fourth-order valence-corrected chi connectivity index (χ4v) is 10.9. The highest BCUT2D eigenvalue weighted by molar-refractivity contribution is 5.39. The molecule has 0 unspecified atom stereocenters. The zero-order valence-electron chi connectivity index (χ0n) is 20.5. The number of aliphatic hydroxyl groups excluding tert-OH is 3. The van der Waals surface area contributed by atoms with E-state index in [0.717, 1.165) is 0 Å². The number of fused-ring (bicyclic) bond motifs is 2. The Morgan fingerprint density at radius 3 is 2.24 bits per heavy atom. The van der Waals surface area contributed by atoms with E-state index in [1.165, 1.54) is 7.11 Å². The maximum atomic E-state index is 12.5. The zero-order chi connectivity index (χ0) is 24.6. The van der Waals surface area contributed by atoms with E-state index >= 15 is 0 Å². The van der Waals surface area contributed by atoms with Crippen LogP contribution in [0, 0.1) is 34.5 Å². The second-order valence-corrected chi connectivity index (χ2v) is 12.0. The predicted octanol–water partition coefficient (Wildman–Crippen LogP) is -2.18. The van der Waals surface area contributed by atoms with Gasteiger partial charge in [0, 0.05) is 76.0 Å². The van der Waals surface area contributed by atoms with Crippen LogP contribution in [0.2, 0.25) is 0 Å². The molecule has 194 valence electrons. The van der Waals surface area contributed by atoms with Crippen molar-refractivity contribution >= 4 is 0 Å².